The third kappa shape index (κ3) is 3.95. The van der Waals surface area contributed by atoms with Crippen molar-refractivity contribution in [2.45, 2.75) is 57.7 Å². The van der Waals surface area contributed by atoms with Crippen LogP contribution in [0.2, 0.25) is 0 Å². The average Bonchev–Trinajstić information content (AvgIpc) is 2.98. The number of aliphatic hydroxyl groups excluding tert-OH is 1. The monoisotopic (exact) mass is 201 g/mol. The fourth-order valence-corrected chi connectivity index (χ4v) is 1.30. The molecule has 0 saturated heterocycles. The highest BCUT2D eigenvalue weighted by molar-refractivity contribution is 4.92. The first-order chi connectivity index (χ1) is 6.59. The van der Waals surface area contributed by atoms with Crippen LogP contribution < -0.4 is 5.32 Å². The van der Waals surface area contributed by atoms with E-state index in [1.807, 2.05) is 6.92 Å². The van der Waals surface area contributed by atoms with Gasteiger partial charge in [-0.1, -0.05) is 6.92 Å². The van der Waals surface area contributed by atoms with E-state index in [1.54, 1.807) is 0 Å². The molecule has 1 aliphatic carbocycles. The Bertz CT molecular complexity index is 171. The number of hydrogen-bond acceptors (Lipinski definition) is 3. The Hall–Kier alpha value is -0.120. The maximum Gasteiger partial charge on any atom is 0.0671 e. The number of nitrogens with one attached hydrogen (secondary N) is 1. The lowest BCUT2D eigenvalue weighted by Gasteiger charge is -2.30. The summed E-state index contributed by atoms with van der Waals surface area (Å²) < 4.78 is 5.65. The van der Waals surface area contributed by atoms with E-state index in [2.05, 4.69) is 19.2 Å². The first-order valence-electron chi connectivity index (χ1n) is 5.60. The molecule has 2 unspecified atom stereocenters. The van der Waals surface area contributed by atoms with Gasteiger partial charge in [0.25, 0.3) is 0 Å². The zero-order chi connectivity index (χ0) is 10.6. The fraction of sp³-hybridized carbons (Fsp3) is 1.00. The highest BCUT2D eigenvalue weighted by Gasteiger charge is 2.32. The van der Waals surface area contributed by atoms with Gasteiger partial charge in [-0.15, -0.1) is 0 Å². The van der Waals surface area contributed by atoms with Crippen molar-refractivity contribution in [1.29, 1.82) is 0 Å². The van der Waals surface area contributed by atoms with Gasteiger partial charge in [0.15, 0.2) is 0 Å². The van der Waals surface area contributed by atoms with E-state index < -0.39 is 0 Å². The van der Waals surface area contributed by atoms with Gasteiger partial charge in [0.05, 0.1) is 24.9 Å². The zero-order valence-corrected chi connectivity index (χ0v) is 9.55. The van der Waals surface area contributed by atoms with Crippen LogP contribution in [-0.4, -0.2) is 36.0 Å². The molecule has 1 fully saturated rings. The van der Waals surface area contributed by atoms with E-state index in [0.29, 0.717) is 12.6 Å². The molecule has 1 rings (SSSR count). The van der Waals surface area contributed by atoms with E-state index >= 15 is 0 Å². The summed E-state index contributed by atoms with van der Waals surface area (Å²) in [7, 11) is 0. The van der Waals surface area contributed by atoms with Crippen LogP contribution in [0.5, 0.6) is 0 Å². The molecule has 0 aromatic rings. The number of rotatable bonds is 7. The molecule has 0 aliphatic heterocycles. The molecule has 2 atom stereocenters. The van der Waals surface area contributed by atoms with E-state index in [9.17, 15) is 5.11 Å². The molecular formula is C11H23NO2. The Morgan fingerprint density at radius 2 is 2.21 bits per heavy atom. The molecule has 0 bridgehead atoms. The lowest BCUT2D eigenvalue weighted by Crippen LogP contribution is -2.51. The molecule has 14 heavy (non-hydrogen) atoms. The molecule has 84 valence electrons. The highest BCUT2D eigenvalue weighted by Crippen LogP contribution is 2.22. The van der Waals surface area contributed by atoms with Crippen molar-refractivity contribution >= 4 is 0 Å². The summed E-state index contributed by atoms with van der Waals surface area (Å²) in [5, 5.41) is 12.7. The zero-order valence-electron chi connectivity index (χ0n) is 9.55. The molecule has 0 spiro atoms. The van der Waals surface area contributed by atoms with Gasteiger partial charge in [-0.3, -0.25) is 0 Å². The summed E-state index contributed by atoms with van der Waals surface area (Å²) in [4.78, 5) is 0. The van der Waals surface area contributed by atoms with Gasteiger partial charge in [0.1, 0.15) is 0 Å². The van der Waals surface area contributed by atoms with Gasteiger partial charge >= 0.3 is 0 Å². The van der Waals surface area contributed by atoms with Crippen molar-refractivity contribution < 1.29 is 9.84 Å². The Morgan fingerprint density at radius 3 is 2.64 bits per heavy atom. The van der Waals surface area contributed by atoms with Crippen LogP contribution in [0.1, 0.15) is 40.0 Å². The lowest BCUT2D eigenvalue weighted by atomic mass is 10.1. The van der Waals surface area contributed by atoms with Crippen molar-refractivity contribution in [1.82, 2.24) is 5.32 Å². The highest BCUT2D eigenvalue weighted by atomic mass is 16.5. The molecule has 0 aromatic carbocycles. The van der Waals surface area contributed by atoms with Crippen molar-refractivity contribution in [2.75, 3.05) is 13.2 Å². The van der Waals surface area contributed by atoms with Gasteiger partial charge in [-0.2, -0.15) is 0 Å². The second kappa shape index (κ2) is 5.10. The minimum absolute atomic E-state index is 0.139. The lowest BCUT2D eigenvalue weighted by molar-refractivity contribution is 0.00229. The molecule has 0 radical (unpaired) electrons. The number of ether oxygens (including phenoxy) is 1. The predicted molar refractivity (Wildman–Crippen MR) is 57.4 cm³/mol. The Balaban J connectivity index is 2.27. The van der Waals surface area contributed by atoms with Crippen LogP contribution in [0.15, 0.2) is 0 Å². The van der Waals surface area contributed by atoms with Crippen molar-refractivity contribution in [3.63, 3.8) is 0 Å². The van der Waals surface area contributed by atoms with E-state index in [1.165, 1.54) is 12.8 Å². The van der Waals surface area contributed by atoms with Crippen LogP contribution in [0.25, 0.3) is 0 Å². The van der Waals surface area contributed by atoms with Gasteiger partial charge in [0.2, 0.25) is 0 Å². The first kappa shape index (κ1) is 12.0. The smallest absolute Gasteiger partial charge is 0.0671 e. The molecule has 0 amide bonds. The van der Waals surface area contributed by atoms with Crippen LogP contribution in [0.4, 0.5) is 0 Å². The molecule has 1 saturated carbocycles. The summed E-state index contributed by atoms with van der Waals surface area (Å²) in [6, 6.07) is 0.604. The maximum atomic E-state index is 9.31. The normalized spacial score (nSPS) is 23.1. The summed E-state index contributed by atoms with van der Waals surface area (Å²) in [5.41, 5.74) is -0.259. The topological polar surface area (TPSA) is 41.5 Å². The first-order valence-corrected chi connectivity index (χ1v) is 5.60. The minimum atomic E-state index is -0.259. The maximum absolute atomic E-state index is 9.31. The molecule has 3 heteroatoms. The minimum Gasteiger partial charge on any atom is -0.394 e. The molecule has 1 aliphatic rings. The molecule has 3 nitrogen and oxygen atoms in total. The summed E-state index contributed by atoms with van der Waals surface area (Å²) >= 11 is 0. The van der Waals surface area contributed by atoms with E-state index in [0.717, 1.165) is 6.42 Å². The van der Waals surface area contributed by atoms with Gasteiger partial charge < -0.3 is 15.2 Å². The standard InChI is InChI=1S/C11H23NO2/c1-4-9(2)14-8-11(3,7-13)12-10-5-6-10/h9-10,12-13H,4-8H2,1-3H3. The Labute approximate surface area is 86.8 Å². The van der Waals surface area contributed by atoms with Crippen molar-refractivity contribution in [3.05, 3.63) is 0 Å². The van der Waals surface area contributed by atoms with Gasteiger partial charge in [-0.05, 0) is 33.1 Å². The number of aliphatic hydroxyl groups is 1. The van der Waals surface area contributed by atoms with Crippen molar-refractivity contribution in [2.24, 2.45) is 0 Å². The molecule has 0 aromatic heterocycles. The molecular weight excluding hydrogens is 178 g/mol. The second-order valence-electron chi connectivity index (χ2n) is 4.67. The van der Waals surface area contributed by atoms with E-state index in [-0.39, 0.29) is 18.2 Å². The molecule has 2 N–H and O–H groups in total. The molecule has 0 heterocycles. The summed E-state index contributed by atoms with van der Waals surface area (Å²) in [6.07, 6.45) is 3.77. The quantitative estimate of drug-likeness (QED) is 0.652. The second-order valence-corrected chi connectivity index (χ2v) is 4.67. The number of hydrogen-bond donors (Lipinski definition) is 2. The van der Waals surface area contributed by atoms with Crippen molar-refractivity contribution in [3.8, 4) is 0 Å². The predicted octanol–water partition coefficient (Wildman–Crippen LogP) is 1.30. The third-order valence-electron chi connectivity index (χ3n) is 2.74. The van der Waals surface area contributed by atoms with Gasteiger partial charge in [-0.25, -0.2) is 0 Å². The van der Waals surface area contributed by atoms with Crippen LogP contribution in [0, 0.1) is 0 Å². The van der Waals surface area contributed by atoms with Crippen LogP contribution in [-0.2, 0) is 4.74 Å². The Kier molecular flexibility index (Phi) is 4.35. The van der Waals surface area contributed by atoms with Crippen LogP contribution in [0.3, 0.4) is 0 Å². The SMILES string of the molecule is CCC(C)OCC(C)(CO)NC1CC1. The Morgan fingerprint density at radius 1 is 1.57 bits per heavy atom. The largest absolute Gasteiger partial charge is 0.394 e. The fourth-order valence-electron chi connectivity index (χ4n) is 1.30. The van der Waals surface area contributed by atoms with Gasteiger partial charge in [0, 0.05) is 6.04 Å². The van der Waals surface area contributed by atoms with E-state index in [4.69, 9.17) is 4.74 Å². The third-order valence-corrected chi connectivity index (χ3v) is 2.74. The van der Waals surface area contributed by atoms with Crippen LogP contribution >= 0.6 is 0 Å². The summed E-state index contributed by atoms with van der Waals surface area (Å²) in [5.74, 6) is 0. The average molecular weight is 201 g/mol. The summed E-state index contributed by atoms with van der Waals surface area (Å²) in [6.45, 7) is 6.92.